The van der Waals surface area contributed by atoms with Gasteiger partial charge in [0, 0.05) is 5.70 Å². The Morgan fingerprint density at radius 2 is 2.12 bits per heavy atom. The average molecular weight is 211 g/mol. The van der Waals surface area contributed by atoms with Crippen LogP contribution in [-0.4, -0.2) is 15.0 Å². The molecule has 0 amide bonds. The number of para-hydroxylation sites is 1. The second-order valence-electron chi connectivity index (χ2n) is 3.42. The zero-order valence-corrected chi connectivity index (χ0v) is 9.17. The third-order valence-electron chi connectivity index (χ3n) is 2.27. The molecule has 3 nitrogen and oxygen atoms in total. The lowest BCUT2D eigenvalue weighted by Gasteiger charge is -1.99. The predicted octanol–water partition coefficient (Wildman–Crippen LogP) is 3.03. The largest absolute Gasteiger partial charge is 0.217 e. The van der Waals surface area contributed by atoms with Gasteiger partial charge in [0.15, 0.2) is 0 Å². The molecule has 1 aromatic carbocycles. The summed E-state index contributed by atoms with van der Waals surface area (Å²) in [5, 5.41) is 8.21. The van der Waals surface area contributed by atoms with Crippen molar-refractivity contribution in [2.24, 2.45) is 0 Å². The van der Waals surface area contributed by atoms with Gasteiger partial charge in [-0.1, -0.05) is 42.2 Å². The van der Waals surface area contributed by atoms with Crippen molar-refractivity contribution in [2.45, 2.75) is 6.92 Å². The highest BCUT2D eigenvalue weighted by molar-refractivity contribution is 5.77. The van der Waals surface area contributed by atoms with Crippen molar-refractivity contribution >= 4 is 16.7 Å². The van der Waals surface area contributed by atoms with Gasteiger partial charge in [0.1, 0.15) is 5.52 Å². The minimum absolute atomic E-state index is 0.906. The van der Waals surface area contributed by atoms with Gasteiger partial charge in [-0.25, -0.2) is 4.68 Å². The Balaban J connectivity index is 2.43. The van der Waals surface area contributed by atoms with Crippen molar-refractivity contribution < 1.29 is 0 Å². The van der Waals surface area contributed by atoms with Gasteiger partial charge >= 0.3 is 0 Å². The first-order valence-electron chi connectivity index (χ1n) is 5.10. The van der Waals surface area contributed by atoms with Crippen LogP contribution in [0.5, 0.6) is 0 Å². The van der Waals surface area contributed by atoms with E-state index in [9.17, 15) is 0 Å². The predicted molar refractivity (Wildman–Crippen MR) is 66.8 cm³/mol. The number of fused-ring (bicyclic) bond motifs is 1. The molecule has 0 saturated heterocycles. The number of rotatable bonds is 3. The number of benzene rings is 1. The lowest BCUT2D eigenvalue weighted by atomic mass is 10.3. The molecule has 2 rings (SSSR count). The molecule has 0 aliphatic heterocycles. The van der Waals surface area contributed by atoms with Crippen LogP contribution in [0, 0.1) is 0 Å². The van der Waals surface area contributed by atoms with Crippen LogP contribution in [0.1, 0.15) is 6.92 Å². The van der Waals surface area contributed by atoms with Crippen molar-refractivity contribution in [3.63, 3.8) is 0 Å². The van der Waals surface area contributed by atoms with Crippen molar-refractivity contribution in [1.29, 1.82) is 0 Å². The van der Waals surface area contributed by atoms with E-state index >= 15 is 0 Å². The minimum atomic E-state index is 0.906. The lowest BCUT2D eigenvalue weighted by Crippen LogP contribution is -1.95. The molecule has 0 atom stereocenters. The Morgan fingerprint density at radius 1 is 1.31 bits per heavy atom. The fourth-order valence-electron chi connectivity index (χ4n) is 1.47. The Hall–Kier alpha value is -2.16. The van der Waals surface area contributed by atoms with E-state index in [-0.39, 0.29) is 0 Å². The molecule has 3 heteroatoms. The molecule has 0 spiro atoms. The van der Waals surface area contributed by atoms with Gasteiger partial charge in [-0.2, -0.15) is 0 Å². The Bertz CT molecular complexity index is 561. The minimum Gasteiger partial charge on any atom is -0.217 e. The first-order chi connectivity index (χ1) is 7.83. The molecule has 0 aliphatic rings. The molecule has 1 heterocycles. The summed E-state index contributed by atoms with van der Waals surface area (Å²) in [7, 11) is 0. The normalized spacial score (nSPS) is 12.4. The molecule has 0 radical (unpaired) electrons. The van der Waals surface area contributed by atoms with Gasteiger partial charge in [0.25, 0.3) is 0 Å². The molecular weight excluding hydrogens is 198 g/mol. The molecule has 0 aliphatic carbocycles. The summed E-state index contributed by atoms with van der Waals surface area (Å²) in [6, 6.07) is 7.89. The van der Waals surface area contributed by atoms with Gasteiger partial charge in [-0.3, -0.25) is 0 Å². The van der Waals surface area contributed by atoms with Gasteiger partial charge < -0.3 is 0 Å². The maximum atomic E-state index is 4.11. The Kier molecular flexibility index (Phi) is 2.96. The van der Waals surface area contributed by atoms with Crippen LogP contribution in [0.15, 0.2) is 55.1 Å². The first-order valence-corrected chi connectivity index (χ1v) is 5.10. The van der Waals surface area contributed by atoms with E-state index in [0.717, 1.165) is 16.7 Å². The van der Waals surface area contributed by atoms with E-state index in [2.05, 4.69) is 16.9 Å². The monoisotopic (exact) mass is 211 g/mol. The third kappa shape index (κ3) is 1.93. The van der Waals surface area contributed by atoms with Crippen LogP contribution in [0.3, 0.4) is 0 Å². The zero-order chi connectivity index (χ0) is 11.4. The molecule has 0 saturated carbocycles. The highest BCUT2D eigenvalue weighted by atomic mass is 15.4. The Morgan fingerprint density at radius 3 is 2.94 bits per heavy atom. The maximum Gasteiger partial charge on any atom is 0.113 e. The first kappa shape index (κ1) is 10.4. The van der Waals surface area contributed by atoms with Crippen molar-refractivity contribution in [1.82, 2.24) is 15.0 Å². The summed E-state index contributed by atoms with van der Waals surface area (Å²) in [6.07, 6.45) is 7.52. The molecular formula is C13H13N3. The zero-order valence-electron chi connectivity index (χ0n) is 9.17. The second-order valence-corrected chi connectivity index (χ2v) is 3.42. The van der Waals surface area contributed by atoms with Gasteiger partial charge in [0.2, 0.25) is 0 Å². The third-order valence-corrected chi connectivity index (χ3v) is 2.27. The van der Waals surface area contributed by atoms with Crippen LogP contribution in [0.4, 0.5) is 0 Å². The molecule has 2 aromatic rings. The molecule has 0 fully saturated rings. The van der Waals surface area contributed by atoms with E-state index in [1.54, 1.807) is 6.08 Å². The molecule has 1 aromatic heterocycles. The SMILES string of the molecule is C=C/C=C\C=C(\C)n1nnc2ccccc21. The summed E-state index contributed by atoms with van der Waals surface area (Å²) in [5.41, 5.74) is 2.94. The van der Waals surface area contributed by atoms with E-state index in [4.69, 9.17) is 0 Å². The number of hydrogen-bond acceptors (Lipinski definition) is 2. The van der Waals surface area contributed by atoms with E-state index in [1.807, 2.05) is 54.1 Å². The van der Waals surface area contributed by atoms with Crippen molar-refractivity contribution in [2.75, 3.05) is 0 Å². The van der Waals surface area contributed by atoms with Crippen LogP contribution in [-0.2, 0) is 0 Å². The summed E-state index contributed by atoms with van der Waals surface area (Å²) in [6.45, 7) is 5.61. The topological polar surface area (TPSA) is 30.7 Å². The van der Waals surface area contributed by atoms with E-state index in [1.165, 1.54) is 0 Å². The lowest BCUT2D eigenvalue weighted by molar-refractivity contribution is 0.835. The Labute approximate surface area is 94.4 Å². The average Bonchev–Trinajstić information content (AvgIpc) is 2.73. The van der Waals surface area contributed by atoms with Crippen molar-refractivity contribution in [3.8, 4) is 0 Å². The standard InChI is InChI=1S/C13H13N3/c1-3-4-5-8-11(2)16-13-10-7-6-9-12(13)14-15-16/h3-10H,1H2,2H3/b5-4-,11-8-. The van der Waals surface area contributed by atoms with Gasteiger partial charge in [-0.05, 0) is 25.1 Å². The molecule has 16 heavy (non-hydrogen) atoms. The highest BCUT2D eigenvalue weighted by Crippen LogP contribution is 2.14. The molecule has 0 bridgehead atoms. The van der Waals surface area contributed by atoms with E-state index < -0.39 is 0 Å². The van der Waals surface area contributed by atoms with Crippen LogP contribution >= 0.6 is 0 Å². The summed E-state index contributed by atoms with van der Waals surface area (Å²) in [5.74, 6) is 0. The number of allylic oxidation sites excluding steroid dienone is 5. The van der Waals surface area contributed by atoms with Crippen LogP contribution in [0.2, 0.25) is 0 Å². The maximum absolute atomic E-state index is 4.11. The van der Waals surface area contributed by atoms with Crippen molar-refractivity contribution in [3.05, 3.63) is 55.1 Å². The van der Waals surface area contributed by atoms with Gasteiger partial charge in [-0.15, -0.1) is 5.10 Å². The fraction of sp³-hybridized carbons (Fsp3) is 0.0769. The summed E-state index contributed by atoms with van der Waals surface area (Å²) < 4.78 is 1.82. The molecule has 80 valence electrons. The number of aromatic nitrogens is 3. The fourth-order valence-corrected chi connectivity index (χ4v) is 1.47. The van der Waals surface area contributed by atoms with Gasteiger partial charge in [0.05, 0.1) is 5.52 Å². The summed E-state index contributed by atoms with van der Waals surface area (Å²) in [4.78, 5) is 0. The molecule has 0 N–H and O–H groups in total. The van der Waals surface area contributed by atoms with Crippen LogP contribution < -0.4 is 0 Å². The quantitative estimate of drug-likeness (QED) is 0.730. The number of nitrogens with zero attached hydrogens (tertiary/aromatic N) is 3. The highest BCUT2D eigenvalue weighted by Gasteiger charge is 2.03. The molecule has 0 unspecified atom stereocenters. The number of hydrogen-bond donors (Lipinski definition) is 0. The second kappa shape index (κ2) is 4.57. The smallest absolute Gasteiger partial charge is 0.113 e. The van der Waals surface area contributed by atoms with E-state index in [0.29, 0.717) is 0 Å². The van der Waals surface area contributed by atoms with Crippen LogP contribution in [0.25, 0.3) is 16.7 Å². The summed E-state index contributed by atoms with van der Waals surface area (Å²) >= 11 is 0.